The quantitative estimate of drug-likeness (QED) is 0.370. The fourth-order valence-corrected chi connectivity index (χ4v) is 2.68. The minimum absolute atomic E-state index is 0.129. The molecule has 0 spiro atoms. The van der Waals surface area contributed by atoms with E-state index in [2.05, 4.69) is 10.6 Å². The van der Waals surface area contributed by atoms with E-state index < -0.39 is 36.6 Å². The Hall–Kier alpha value is -4.08. The lowest BCUT2D eigenvalue weighted by molar-refractivity contribution is -0.307. The number of carbonyl (C=O) groups excluding carboxylic acids is 4. The number of nitrogens with one attached hydrogen (secondary N) is 2. The highest BCUT2D eigenvalue weighted by Crippen LogP contribution is 2.28. The van der Waals surface area contributed by atoms with Crippen molar-refractivity contribution < 1.29 is 39.6 Å². The number of rotatable bonds is 10. The van der Waals surface area contributed by atoms with Crippen molar-refractivity contribution >= 4 is 35.1 Å². The molecule has 10 nitrogen and oxygen atoms in total. The number of phenols is 2. The second kappa shape index (κ2) is 10.6. The Kier molecular flexibility index (Phi) is 7.95. The van der Waals surface area contributed by atoms with Crippen LogP contribution in [0.3, 0.4) is 0 Å². The lowest BCUT2D eigenvalue weighted by Gasteiger charge is -2.11. The Morgan fingerprint density at radius 3 is 1.39 bits per heavy atom. The van der Waals surface area contributed by atoms with Crippen LogP contribution in [-0.2, 0) is 25.6 Å². The van der Waals surface area contributed by atoms with Gasteiger partial charge in [-0.25, -0.2) is 0 Å². The van der Waals surface area contributed by atoms with Crippen LogP contribution in [0, 0.1) is 0 Å². The lowest BCUT2D eigenvalue weighted by atomic mass is 10.0. The molecule has 0 aliphatic rings. The van der Waals surface area contributed by atoms with Gasteiger partial charge in [0, 0.05) is 24.8 Å². The van der Waals surface area contributed by atoms with Crippen LogP contribution in [-0.4, -0.2) is 34.0 Å². The molecule has 0 aliphatic carbocycles. The van der Waals surface area contributed by atoms with E-state index in [1.807, 2.05) is 0 Å². The smallest absolute Gasteiger partial charge is 0.224 e. The molecule has 2 rings (SSSR count). The van der Waals surface area contributed by atoms with Crippen molar-refractivity contribution in [2.75, 3.05) is 10.6 Å². The number of hydrogen-bond donors (Lipinski definition) is 4. The molecule has 2 aromatic rings. The fraction of sp³-hybridized carbons (Fsp3) is 0.238. The third-order valence-electron chi connectivity index (χ3n) is 4.19. The molecule has 0 aromatic heterocycles. The number of hydrogen-bond acceptors (Lipinski definition) is 8. The van der Waals surface area contributed by atoms with Crippen LogP contribution in [0.5, 0.6) is 11.5 Å². The number of carboxylic acids is 2. The number of aromatic hydroxyl groups is 2. The van der Waals surface area contributed by atoms with Crippen LogP contribution in [0.1, 0.15) is 36.8 Å². The molecule has 0 radical (unpaired) electrons. The molecule has 0 saturated carbocycles. The number of phenolic OH excluding ortho intramolecular Hbond substituents is 2. The van der Waals surface area contributed by atoms with Gasteiger partial charge in [0.25, 0.3) is 0 Å². The molecule has 31 heavy (non-hydrogen) atoms. The SMILES string of the molecule is O=C([O-])CCC(=O)Nc1ccc(Cc2ccc(NC(=O)CCC(=O)[O-])c(O)c2)cc1O. The first-order chi connectivity index (χ1) is 14.6. The van der Waals surface area contributed by atoms with Gasteiger partial charge in [-0.15, -0.1) is 0 Å². The Morgan fingerprint density at radius 2 is 1.06 bits per heavy atom. The maximum Gasteiger partial charge on any atom is 0.224 e. The lowest BCUT2D eigenvalue weighted by Crippen LogP contribution is -2.24. The van der Waals surface area contributed by atoms with Crippen LogP contribution < -0.4 is 20.8 Å². The zero-order valence-corrected chi connectivity index (χ0v) is 16.3. The van der Waals surface area contributed by atoms with Gasteiger partial charge in [-0.3, -0.25) is 9.59 Å². The van der Waals surface area contributed by atoms with Gasteiger partial charge in [0.05, 0.1) is 11.4 Å². The van der Waals surface area contributed by atoms with E-state index in [4.69, 9.17) is 0 Å². The zero-order valence-electron chi connectivity index (χ0n) is 16.3. The summed E-state index contributed by atoms with van der Waals surface area (Å²) in [5.74, 6) is -4.26. The average molecular weight is 428 g/mol. The number of amides is 2. The van der Waals surface area contributed by atoms with Gasteiger partial charge in [0.1, 0.15) is 11.5 Å². The highest BCUT2D eigenvalue weighted by Gasteiger charge is 2.10. The van der Waals surface area contributed by atoms with Gasteiger partial charge >= 0.3 is 0 Å². The molecule has 0 atom stereocenters. The highest BCUT2D eigenvalue weighted by molar-refractivity contribution is 5.94. The van der Waals surface area contributed by atoms with Gasteiger partial charge in [-0.05, 0) is 54.7 Å². The van der Waals surface area contributed by atoms with Crippen molar-refractivity contribution in [1.82, 2.24) is 0 Å². The molecule has 0 unspecified atom stereocenters. The van der Waals surface area contributed by atoms with Crippen molar-refractivity contribution in [2.45, 2.75) is 32.1 Å². The van der Waals surface area contributed by atoms with Crippen molar-refractivity contribution in [3.63, 3.8) is 0 Å². The summed E-state index contributed by atoms with van der Waals surface area (Å²) >= 11 is 0. The predicted molar refractivity (Wildman–Crippen MR) is 105 cm³/mol. The molecule has 0 heterocycles. The van der Waals surface area contributed by atoms with Gasteiger partial charge in [0.15, 0.2) is 0 Å². The second-order valence-corrected chi connectivity index (χ2v) is 6.72. The van der Waals surface area contributed by atoms with Gasteiger partial charge in [0.2, 0.25) is 11.8 Å². The third-order valence-corrected chi connectivity index (χ3v) is 4.19. The predicted octanol–water partition coefficient (Wildman–Crippen LogP) is -0.374. The van der Waals surface area contributed by atoms with E-state index in [1.165, 1.54) is 24.3 Å². The Balaban J connectivity index is 1.99. The average Bonchev–Trinajstić information content (AvgIpc) is 2.69. The molecule has 2 amide bonds. The normalized spacial score (nSPS) is 10.3. The van der Waals surface area contributed by atoms with E-state index in [0.29, 0.717) is 17.5 Å². The summed E-state index contributed by atoms with van der Waals surface area (Å²) in [6.45, 7) is 0. The number of carboxylic acid groups (broad SMARTS) is 2. The summed E-state index contributed by atoms with van der Waals surface area (Å²) in [5, 5.41) is 45.8. The standard InChI is InChI=1S/C21H22N2O8/c24-16-10-12(1-3-14(16)22-18(26)5-7-20(28)29)9-13-2-4-15(17(25)11-13)23-19(27)6-8-21(30)31/h1-4,10-11,24-25H,5-9H2,(H,22,26)(H,23,27)(H,28,29)(H,30,31)/p-2. The first-order valence-electron chi connectivity index (χ1n) is 9.27. The molecule has 0 fully saturated rings. The van der Waals surface area contributed by atoms with Crippen molar-refractivity contribution in [3.05, 3.63) is 47.5 Å². The topological polar surface area (TPSA) is 179 Å². The molecule has 0 saturated heterocycles. The first-order valence-corrected chi connectivity index (χ1v) is 9.27. The van der Waals surface area contributed by atoms with Gasteiger partial charge in [-0.2, -0.15) is 0 Å². The summed E-state index contributed by atoms with van der Waals surface area (Å²) < 4.78 is 0. The zero-order chi connectivity index (χ0) is 23.0. The molecule has 0 aliphatic heterocycles. The first kappa shape index (κ1) is 23.2. The molecule has 0 bridgehead atoms. The molecule has 164 valence electrons. The Bertz CT molecular complexity index is 923. The summed E-state index contributed by atoms with van der Waals surface area (Å²) in [6, 6.07) is 9.05. The molecular weight excluding hydrogens is 408 g/mol. The van der Waals surface area contributed by atoms with E-state index in [9.17, 15) is 39.6 Å². The van der Waals surface area contributed by atoms with Crippen molar-refractivity contribution in [2.24, 2.45) is 0 Å². The van der Waals surface area contributed by atoms with Crippen molar-refractivity contribution in [3.8, 4) is 11.5 Å². The Morgan fingerprint density at radius 1 is 0.677 bits per heavy atom. The van der Waals surface area contributed by atoms with Crippen LogP contribution in [0.4, 0.5) is 11.4 Å². The fourth-order valence-electron chi connectivity index (χ4n) is 2.68. The highest BCUT2D eigenvalue weighted by atomic mass is 16.4. The molecule has 10 heteroatoms. The largest absolute Gasteiger partial charge is 0.550 e. The number of aliphatic carboxylic acids is 2. The van der Waals surface area contributed by atoms with Crippen molar-refractivity contribution in [1.29, 1.82) is 0 Å². The van der Waals surface area contributed by atoms with E-state index >= 15 is 0 Å². The van der Waals surface area contributed by atoms with E-state index in [1.54, 1.807) is 12.1 Å². The molecule has 4 N–H and O–H groups in total. The summed E-state index contributed by atoms with van der Waals surface area (Å²) in [5.41, 5.74) is 1.58. The number of carbonyl (C=O) groups is 4. The third kappa shape index (κ3) is 7.69. The van der Waals surface area contributed by atoms with Crippen LogP contribution in [0.15, 0.2) is 36.4 Å². The van der Waals surface area contributed by atoms with Crippen LogP contribution >= 0.6 is 0 Å². The summed E-state index contributed by atoms with van der Waals surface area (Å²) in [4.78, 5) is 44.1. The van der Waals surface area contributed by atoms with E-state index in [-0.39, 0.29) is 35.7 Å². The number of benzene rings is 2. The molecular formula is C21H20N2O8-2. The summed E-state index contributed by atoms with van der Waals surface area (Å²) in [6.07, 6.45) is -1.10. The monoisotopic (exact) mass is 428 g/mol. The Labute approximate surface area is 177 Å². The summed E-state index contributed by atoms with van der Waals surface area (Å²) in [7, 11) is 0. The maximum absolute atomic E-state index is 11.7. The van der Waals surface area contributed by atoms with Gasteiger partial charge in [-0.1, -0.05) is 12.1 Å². The number of anilines is 2. The van der Waals surface area contributed by atoms with Crippen LogP contribution in [0.2, 0.25) is 0 Å². The minimum atomic E-state index is -1.35. The van der Waals surface area contributed by atoms with Gasteiger partial charge < -0.3 is 40.6 Å². The molecule has 2 aromatic carbocycles. The maximum atomic E-state index is 11.7. The minimum Gasteiger partial charge on any atom is -0.550 e. The van der Waals surface area contributed by atoms with E-state index in [0.717, 1.165) is 0 Å². The second-order valence-electron chi connectivity index (χ2n) is 6.72. The van der Waals surface area contributed by atoms with Crippen LogP contribution in [0.25, 0.3) is 0 Å².